The standard InChI is InChI=1S/C11H13N5OS/c1-7(18-11-13-6-14-16-11)10(17)15-9-5-3-2-4-8(9)12/h2-7H,12H2,1H3,(H,15,17)(H,13,14,16). The third-order valence-electron chi connectivity index (χ3n) is 2.27. The van der Waals surface area contributed by atoms with E-state index in [-0.39, 0.29) is 11.2 Å². The van der Waals surface area contributed by atoms with E-state index in [1.807, 2.05) is 12.1 Å². The molecule has 4 N–H and O–H groups in total. The molecular formula is C11H13N5OS. The lowest BCUT2D eigenvalue weighted by atomic mass is 10.2. The van der Waals surface area contributed by atoms with Crippen LogP contribution in [0.5, 0.6) is 0 Å². The summed E-state index contributed by atoms with van der Waals surface area (Å²) in [4.78, 5) is 15.9. The highest BCUT2D eigenvalue weighted by Crippen LogP contribution is 2.22. The van der Waals surface area contributed by atoms with Crippen molar-refractivity contribution >= 4 is 29.0 Å². The molecule has 1 heterocycles. The summed E-state index contributed by atoms with van der Waals surface area (Å²) in [6.45, 7) is 1.79. The summed E-state index contributed by atoms with van der Waals surface area (Å²) in [6.07, 6.45) is 1.40. The van der Waals surface area contributed by atoms with Gasteiger partial charge in [-0.3, -0.25) is 9.89 Å². The first kappa shape index (κ1) is 12.4. The van der Waals surface area contributed by atoms with Crippen LogP contribution in [0.1, 0.15) is 6.92 Å². The second-order valence-corrected chi connectivity index (χ2v) is 4.96. The van der Waals surface area contributed by atoms with Crippen LogP contribution < -0.4 is 11.1 Å². The van der Waals surface area contributed by atoms with Gasteiger partial charge in [0.25, 0.3) is 0 Å². The predicted molar refractivity (Wildman–Crippen MR) is 71.2 cm³/mol. The van der Waals surface area contributed by atoms with Crippen molar-refractivity contribution in [1.82, 2.24) is 15.2 Å². The van der Waals surface area contributed by atoms with Gasteiger partial charge in [-0.15, -0.1) is 0 Å². The van der Waals surface area contributed by atoms with Crippen molar-refractivity contribution < 1.29 is 4.79 Å². The van der Waals surface area contributed by atoms with E-state index in [0.29, 0.717) is 16.5 Å². The van der Waals surface area contributed by atoms with Crippen LogP contribution in [-0.2, 0) is 4.79 Å². The van der Waals surface area contributed by atoms with Crippen molar-refractivity contribution in [2.24, 2.45) is 0 Å². The predicted octanol–water partition coefficient (Wildman–Crippen LogP) is 1.51. The minimum Gasteiger partial charge on any atom is -0.397 e. The van der Waals surface area contributed by atoms with Crippen molar-refractivity contribution in [3.8, 4) is 0 Å². The summed E-state index contributed by atoms with van der Waals surface area (Å²) in [7, 11) is 0. The number of nitrogens with two attached hydrogens (primary N) is 1. The largest absolute Gasteiger partial charge is 0.397 e. The molecule has 0 saturated heterocycles. The molecule has 0 bridgehead atoms. The Labute approximate surface area is 108 Å². The number of hydrogen-bond acceptors (Lipinski definition) is 5. The van der Waals surface area contributed by atoms with Gasteiger partial charge in [-0.05, 0) is 19.1 Å². The lowest BCUT2D eigenvalue weighted by molar-refractivity contribution is -0.115. The molecule has 1 aromatic heterocycles. The van der Waals surface area contributed by atoms with Crippen LogP contribution in [0.15, 0.2) is 35.7 Å². The number of anilines is 2. The molecule has 0 aliphatic carbocycles. The molecule has 1 atom stereocenters. The van der Waals surface area contributed by atoms with Crippen LogP contribution in [0.25, 0.3) is 0 Å². The lowest BCUT2D eigenvalue weighted by Gasteiger charge is -2.11. The maximum atomic E-state index is 11.9. The number of rotatable bonds is 4. The number of aromatic amines is 1. The summed E-state index contributed by atoms with van der Waals surface area (Å²) in [5.41, 5.74) is 6.92. The Morgan fingerprint density at radius 1 is 1.50 bits per heavy atom. The van der Waals surface area contributed by atoms with Crippen molar-refractivity contribution in [1.29, 1.82) is 0 Å². The van der Waals surface area contributed by atoms with Gasteiger partial charge < -0.3 is 11.1 Å². The maximum absolute atomic E-state index is 11.9. The Morgan fingerprint density at radius 3 is 2.94 bits per heavy atom. The Kier molecular flexibility index (Phi) is 3.83. The highest BCUT2D eigenvalue weighted by Gasteiger charge is 2.16. The molecule has 1 unspecified atom stereocenters. The van der Waals surface area contributed by atoms with E-state index < -0.39 is 0 Å². The van der Waals surface area contributed by atoms with Crippen molar-refractivity contribution in [3.63, 3.8) is 0 Å². The van der Waals surface area contributed by atoms with Crippen LogP contribution >= 0.6 is 11.8 Å². The summed E-state index contributed by atoms with van der Waals surface area (Å²) >= 11 is 1.30. The van der Waals surface area contributed by atoms with E-state index in [2.05, 4.69) is 20.5 Å². The number of H-pyrrole nitrogens is 1. The maximum Gasteiger partial charge on any atom is 0.237 e. The fourth-order valence-corrected chi connectivity index (χ4v) is 2.03. The summed E-state index contributed by atoms with van der Waals surface area (Å²) in [6, 6.07) is 7.14. The molecule has 0 saturated carbocycles. The third-order valence-corrected chi connectivity index (χ3v) is 3.26. The van der Waals surface area contributed by atoms with Crippen LogP contribution in [-0.4, -0.2) is 26.3 Å². The second-order valence-electron chi connectivity index (χ2n) is 3.63. The molecule has 2 aromatic rings. The molecule has 0 aliphatic heterocycles. The topological polar surface area (TPSA) is 96.7 Å². The van der Waals surface area contributed by atoms with Gasteiger partial charge in [0.2, 0.25) is 5.91 Å². The number of thioether (sulfide) groups is 1. The molecule has 0 spiro atoms. The average molecular weight is 263 g/mol. The molecule has 1 aromatic carbocycles. The van der Waals surface area contributed by atoms with Crippen LogP contribution in [0.2, 0.25) is 0 Å². The summed E-state index contributed by atoms with van der Waals surface area (Å²) in [5, 5.41) is 9.51. The lowest BCUT2D eigenvalue weighted by Crippen LogP contribution is -2.23. The van der Waals surface area contributed by atoms with Gasteiger partial charge in [-0.2, -0.15) is 5.10 Å². The minimum atomic E-state index is -0.294. The van der Waals surface area contributed by atoms with E-state index >= 15 is 0 Å². The number of nitrogens with zero attached hydrogens (tertiary/aromatic N) is 2. The zero-order valence-corrected chi connectivity index (χ0v) is 10.6. The molecule has 7 heteroatoms. The van der Waals surface area contributed by atoms with Crippen LogP contribution in [0.4, 0.5) is 11.4 Å². The van der Waals surface area contributed by atoms with E-state index in [1.54, 1.807) is 19.1 Å². The van der Waals surface area contributed by atoms with Crippen LogP contribution in [0.3, 0.4) is 0 Å². The SMILES string of the molecule is CC(Sc1ncn[nH]1)C(=O)Nc1ccccc1N. The van der Waals surface area contributed by atoms with Gasteiger partial charge in [0.15, 0.2) is 5.16 Å². The molecule has 94 valence electrons. The van der Waals surface area contributed by atoms with Gasteiger partial charge in [-0.25, -0.2) is 4.98 Å². The molecule has 18 heavy (non-hydrogen) atoms. The number of para-hydroxylation sites is 2. The third kappa shape index (κ3) is 3.01. The smallest absolute Gasteiger partial charge is 0.237 e. The number of hydrogen-bond donors (Lipinski definition) is 3. The van der Waals surface area contributed by atoms with Gasteiger partial charge in [0.05, 0.1) is 16.6 Å². The average Bonchev–Trinajstić information content (AvgIpc) is 2.84. The number of carbonyl (C=O) groups excluding carboxylic acids is 1. The van der Waals surface area contributed by atoms with Gasteiger partial charge >= 0.3 is 0 Å². The molecule has 2 rings (SSSR count). The Balaban J connectivity index is 1.98. The first-order chi connectivity index (χ1) is 8.66. The number of benzene rings is 1. The zero-order chi connectivity index (χ0) is 13.0. The summed E-state index contributed by atoms with van der Waals surface area (Å²) < 4.78 is 0. The van der Waals surface area contributed by atoms with Gasteiger partial charge in [0.1, 0.15) is 6.33 Å². The molecule has 6 nitrogen and oxygen atoms in total. The van der Waals surface area contributed by atoms with E-state index in [9.17, 15) is 4.79 Å². The zero-order valence-electron chi connectivity index (χ0n) is 9.75. The first-order valence-corrected chi connectivity index (χ1v) is 6.22. The molecule has 0 aliphatic rings. The first-order valence-electron chi connectivity index (χ1n) is 5.34. The quantitative estimate of drug-likeness (QED) is 0.574. The van der Waals surface area contributed by atoms with E-state index in [1.165, 1.54) is 18.1 Å². The fraction of sp³-hybridized carbons (Fsp3) is 0.182. The molecule has 0 radical (unpaired) electrons. The van der Waals surface area contributed by atoms with Crippen molar-refractivity contribution in [3.05, 3.63) is 30.6 Å². The number of amides is 1. The number of nitrogen functional groups attached to an aromatic ring is 1. The highest BCUT2D eigenvalue weighted by molar-refractivity contribution is 8.00. The number of nitrogens with one attached hydrogen (secondary N) is 2. The van der Waals surface area contributed by atoms with E-state index in [4.69, 9.17) is 5.73 Å². The Hall–Kier alpha value is -2.02. The van der Waals surface area contributed by atoms with Crippen molar-refractivity contribution in [2.75, 3.05) is 11.1 Å². The van der Waals surface area contributed by atoms with E-state index in [0.717, 1.165) is 0 Å². The minimum absolute atomic E-state index is 0.130. The van der Waals surface area contributed by atoms with Crippen molar-refractivity contribution in [2.45, 2.75) is 17.3 Å². The van der Waals surface area contributed by atoms with Crippen LogP contribution in [0, 0.1) is 0 Å². The number of aromatic nitrogens is 3. The fourth-order valence-electron chi connectivity index (χ4n) is 1.32. The molecule has 0 fully saturated rings. The Bertz CT molecular complexity index is 528. The summed E-state index contributed by atoms with van der Waals surface area (Å²) in [5.74, 6) is -0.130. The molecular weight excluding hydrogens is 250 g/mol. The second kappa shape index (κ2) is 5.54. The molecule has 1 amide bonds. The van der Waals surface area contributed by atoms with Gasteiger partial charge in [0, 0.05) is 0 Å². The normalized spacial score (nSPS) is 12.1. The number of carbonyl (C=O) groups is 1. The Morgan fingerprint density at radius 2 is 2.28 bits per heavy atom. The monoisotopic (exact) mass is 263 g/mol. The highest BCUT2D eigenvalue weighted by atomic mass is 32.2. The van der Waals surface area contributed by atoms with Gasteiger partial charge in [-0.1, -0.05) is 23.9 Å².